The van der Waals surface area contributed by atoms with Gasteiger partial charge in [0.15, 0.2) is 5.82 Å². The predicted molar refractivity (Wildman–Crippen MR) is 99.8 cm³/mol. The number of hydrogen-bond donors (Lipinski definition) is 0. The van der Waals surface area contributed by atoms with Crippen molar-refractivity contribution in [3.05, 3.63) is 64.9 Å². The molecular formula is C20H25N5. The molecule has 0 radical (unpaired) electrons. The molecule has 5 nitrogen and oxygen atoms in total. The molecular weight excluding hydrogens is 310 g/mol. The van der Waals surface area contributed by atoms with Gasteiger partial charge in [-0.1, -0.05) is 30.3 Å². The molecule has 2 aliphatic rings. The van der Waals surface area contributed by atoms with Gasteiger partial charge in [-0.25, -0.2) is 0 Å². The molecule has 0 bridgehead atoms. The summed E-state index contributed by atoms with van der Waals surface area (Å²) in [6.45, 7) is 6.13. The summed E-state index contributed by atoms with van der Waals surface area (Å²) in [5, 5.41) is 8.50. The largest absolute Gasteiger partial charge is 0.362 e. The first-order valence-electron chi connectivity index (χ1n) is 8.80. The van der Waals surface area contributed by atoms with Crippen molar-refractivity contribution in [3.63, 3.8) is 0 Å². The molecule has 2 aromatic rings. The first-order valence-corrected chi connectivity index (χ1v) is 8.80. The van der Waals surface area contributed by atoms with Gasteiger partial charge in [-0.05, 0) is 51.2 Å². The molecule has 0 spiro atoms. The van der Waals surface area contributed by atoms with E-state index in [9.17, 15) is 0 Å². The van der Waals surface area contributed by atoms with E-state index in [-0.39, 0.29) is 0 Å². The molecule has 0 saturated carbocycles. The van der Waals surface area contributed by atoms with Crippen LogP contribution in [0.1, 0.15) is 35.7 Å². The fourth-order valence-corrected chi connectivity index (χ4v) is 3.98. The van der Waals surface area contributed by atoms with Gasteiger partial charge in [0.25, 0.3) is 0 Å². The topological polar surface area (TPSA) is 37.2 Å². The van der Waals surface area contributed by atoms with Gasteiger partial charge in [0.1, 0.15) is 5.82 Å². The highest BCUT2D eigenvalue weighted by Gasteiger charge is 2.36. The third-order valence-corrected chi connectivity index (χ3v) is 5.05. The average Bonchev–Trinajstić information content (AvgIpc) is 3.08. The smallest absolute Gasteiger partial charge is 0.157 e. The zero-order valence-electron chi connectivity index (χ0n) is 15.3. The molecule has 2 unspecified atom stereocenters. The summed E-state index contributed by atoms with van der Waals surface area (Å²) in [6.07, 6.45) is 6.71. The fraction of sp³-hybridized carbons (Fsp3) is 0.400. The number of nitrogens with zero attached hydrogens (tertiary/aromatic N) is 5. The minimum atomic E-state index is 0.292. The summed E-state index contributed by atoms with van der Waals surface area (Å²) in [4.78, 5) is 4.69. The van der Waals surface area contributed by atoms with Crippen LogP contribution in [0, 0.1) is 6.92 Å². The quantitative estimate of drug-likeness (QED) is 0.861. The zero-order valence-corrected chi connectivity index (χ0v) is 15.3. The maximum absolute atomic E-state index is 4.26. The first-order chi connectivity index (χ1) is 12.0. The van der Waals surface area contributed by atoms with Crippen molar-refractivity contribution < 1.29 is 0 Å². The van der Waals surface area contributed by atoms with Crippen LogP contribution >= 0.6 is 0 Å². The van der Waals surface area contributed by atoms with Crippen molar-refractivity contribution in [2.45, 2.75) is 39.0 Å². The van der Waals surface area contributed by atoms with Crippen LogP contribution in [-0.4, -0.2) is 44.7 Å². The molecule has 2 aliphatic heterocycles. The van der Waals surface area contributed by atoms with E-state index < -0.39 is 0 Å². The lowest BCUT2D eigenvalue weighted by molar-refractivity contribution is 0.269. The number of hydrogen-bond acceptors (Lipinski definition) is 4. The number of aryl methyl sites for hydroxylation is 1. The maximum Gasteiger partial charge on any atom is 0.157 e. The third kappa shape index (κ3) is 2.89. The van der Waals surface area contributed by atoms with E-state index in [2.05, 4.69) is 88.1 Å². The van der Waals surface area contributed by atoms with Crippen LogP contribution in [-0.2, 0) is 13.1 Å². The highest BCUT2D eigenvalue weighted by atomic mass is 15.3. The second-order valence-electron chi connectivity index (χ2n) is 7.31. The van der Waals surface area contributed by atoms with E-state index in [1.807, 2.05) is 6.92 Å². The number of fused-ring (bicyclic) bond motifs is 3. The Morgan fingerprint density at radius 2 is 1.88 bits per heavy atom. The van der Waals surface area contributed by atoms with Crippen LogP contribution in [0.15, 0.2) is 42.1 Å². The maximum atomic E-state index is 4.26. The Kier molecular flexibility index (Phi) is 3.96. The van der Waals surface area contributed by atoms with E-state index >= 15 is 0 Å². The van der Waals surface area contributed by atoms with Crippen molar-refractivity contribution >= 4 is 6.08 Å². The molecule has 1 aromatic carbocycles. The Bertz CT molecular complexity index is 846. The van der Waals surface area contributed by atoms with E-state index in [4.69, 9.17) is 0 Å². The zero-order chi connectivity index (χ0) is 17.6. The van der Waals surface area contributed by atoms with Crippen LogP contribution < -0.4 is 0 Å². The lowest BCUT2D eigenvalue weighted by Crippen LogP contribution is -2.35. The van der Waals surface area contributed by atoms with Crippen molar-refractivity contribution in [1.29, 1.82) is 0 Å². The van der Waals surface area contributed by atoms with Gasteiger partial charge in [0.2, 0.25) is 0 Å². The van der Waals surface area contributed by atoms with Gasteiger partial charge in [0.05, 0.1) is 12.1 Å². The Labute approximate surface area is 149 Å². The molecule has 0 saturated heterocycles. The van der Waals surface area contributed by atoms with Gasteiger partial charge in [-0.2, -0.15) is 0 Å². The van der Waals surface area contributed by atoms with Gasteiger partial charge >= 0.3 is 0 Å². The number of rotatable bonds is 4. The summed E-state index contributed by atoms with van der Waals surface area (Å²) in [5.74, 6) is 1.94. The molecule has 0 aliphatic carbocycles. The minimum Gasteiger partial charge on any atom is -0.362 e. The SMILES string of the molecule is CC1=CC2C(C=Cc3nnc(C)n32)N1Cc1cccc(CN(C)C)c1. The summed E-state index contributed by atoms with van der Waals surface area (Å²) >= 11 is 0. The highest BCUT2D eigenvalue weighted by Crippen LogP contribution is 2.37. The molecule has 1 aromatic heterocycles. The van der Waals surface area contributed by atoms with Crippen LogP contribution in [0.2, 0.25) is 0 Å². The van der Waals surface area contributed by atoms with Crippen molar-refractivity contribution in [3.8, 4) is 0 Å². The molecule has 2 atom stereocenters. The Hall–Kier alpha value is -2.40. The normalized spacial score (nSPS) is 21.5. The Morgan fingerprint density at radius 1 is 1.08 bits per heavy atom. The van der Waals surface area contributed by atoms with Crippen LogP contribution in [0.5, 0.6) is 0 Å². The van der Waals surface area contributed by atoms with Gasteiger partial charge in [-0.15, -0.1) is 10.2 Å². The number of aromatic nitrogens is 3. The number of benzene rings is 1. The molecule has 25 heavy (non-hydrogen) atoms. The molecule has 3 heterocycles. The Balaban J connectivity index is 1.59. The second kappa shape index (κ2) is 6.15. The van der Waals surface area contributed by atoms with Gasteiger partial charge in [0, 0.05) is 18.8 Å². The molecule has 0 fully saturated rings. The average molecular weight is 335 g/mol. The standard InChI is InChI=1S/C20H25N5/c1-14-10-19-18(8-9-20-22-21-15(2)25(19)20)24(14)13-17-7-5-6-16(11-17)12-23(3)4/h5-11,18-19H,12-13H2,1-4H3. The fourth-order valence-electron chi connectivity index (χ4n) is 3.98. The van der Waals surface area contributed by atoms with E-state index in [1.54, 1.807) is 0 Å². The molecule has 5 heteroatoms. The predicted octanol–water partition coefficient (Wildman–Crippen LogP) is 3.00. The van der Waals surface area contributed by atoms with E-state index in [0.717, 1.165) is 24.7 Å². The lowest BCUT2D eigenvalue weighted by Gasteiger charge is -2.32. The lowest BCUT2D eigenvalue weighted by atomic mass is 10.0. The van der Waals surface area contributed by atoms with Crippen LogP contribution in [0.3, 0.4) is 0 Å². The third-order valence-electron chi connectivity index (χ3n) is 5.05. The first kappa shape index (κ1) is 16.1. The molecule has 4 rings (SSSR count). The highest BCUT2D eigenvalue weighted by molar-refractivity contribution is 5.48. The van der Waals surface area contributed by atoms with Crippen LogP contribution in [0.4, 0.5) is 0 Å². The summed E-state index contributed by atoms with van der Waals surface area (Å²) in [7, 11) is 4.22. The van der Waals surface area contributed by atoms with Crippen molar-refractivity contribution in [1.82, 2.24) is 24.6 Å². The molecule has 0 amide bonds. The molecule has 0 N–H and O–H groups in total. The summed E-state index contributed by atoms with van der Waals surface area (Å²) < 4.78 is 2.25. The van der Waals surface area contributed by atoms with Crippen molar-refractivity contribution in [2.24, 2.45) is 0 Å². The molecule has 130 valence electrons. The second-order valence-corrected chi connectivity index (χ2v) is 7.31. The monoisotopic (exact) mass is 335 g/mol. The minimum absolute atomic E-state index is 0.292. The van der Waals surface area contributed by atoms with Crippen LogP contribution in [0.25, 0.3) is 6.08 Å². The Morgan fingerprint density at radius 3 is 2.68 bits per heavy atom. The van der Waals surface area contributed by atoms with E-state index in [0.29, 0.717) is 12.1 Å². The van der Waals surface area contributed by atoms with E-state index in [1.165, 1.54) is 16.8 Å². The summed E-state index contributed by atoms with van der Waals surface area (Å²) in [6, 6.07) is 9.54. The number of allylic oxidation sites excluding steroid dienone is 1. The van der Waals surface area contributed by atoms with Gasteiger partial charge < -0.3 is 14.4 Å². The van der Waals surface area contributed by atoms with Gasteiger partial charge in [-0.3, -0.25) is 0 Å². The summed E-state index contributed by atoms with van der Waals surface area (Å²) in [5.41, 5.74) is 4.03. The van der Waals surface area contributed by atoms with Crippen molar-refractivity contribution in [2.75, 3.05) is 14.1 Å².